The van der Waals surface area contributed by atoms with E-state index in [0.717, 1.165) is 23.4 Å². The maximum absolute atomic E-state index is 5.37. The molecule has 0 aromatic carbocycles. The minimum Gasteiger partial charge on any atom is -0.334 e. The molecule has 0 amide bonds. The van der Waals surface area contributed by atoms with Crippen molar-refractivity contribution in [3.05, 3.63) is 40.6 Å². The summed E-state index contributed by atoms with van der Waals surface area (Å²) in [6.45, 7) is 0. The van der Waals surface area contributed by atoms with E-state index in [1.807, 2.05) is 18.2 Å². The quantitative estimate of drug-likeness (QED) is 0.766. The van der Waals surface area contributed by atoms with Gasteiger partial charge < -0.3 is 4.98 Å². The number of hydrogen-bond acceptors (Lipinski definition) is 2. The number of nitrogens with zero attached hydrogens (tertiary/aromatic N) is 2. The summed E-state index contributed by atoms with van der Waals surface area (Å²) in [5, 5.41) is 0. The fourth-order valence-corrected chi connectivity index (χ4v) is 2.63. The van der Waals surface area contributed by atoms with Crippen molar-refractivity contribution in [1.29, 1.82) is 0 Å². The number of aromatic amines is 1. The molecule has 3 rings (SSSR count). The molecule has 1 N–H and O–H groups in total. The molecule has 0 unspecified atom stereocenters. The molecule has 0 saturated heterocycles. The molecule has 0 atom stereocenters. The van der Waals surface area contributed by atoms with Gasteiger partial charge in [0.2, 0.25) is 0 Å². The normalized spacial score (nSPS) is 14.8. The number of pyridine rings is 1. The van der Waals surface area contributed by atoms with E-state index in [-0.39, 0.29) is 0 Å². The highest BCUT2D eigenvalue weighted by Gasteiger charge is 2.17. The molecule has 0 aliphatic heterocycles. The Labute approximate surface area is 99.2 Å². The second kappa shape index (κ2) is 3.87. The third-order valence-corrected chi connectivity index (χ3v) is 3.33. The summed E-state index contributed by atoms with van der Waals surface area (Å²) in [6, 6.07) is 5.91. The van der Waals surface area contributed by atoms with Gasteiger partial charge in [0.1, 0.15) is 5.82 Å². The summed E-state index contributed by atoms with van der Waals surface area (Å²) in [5.41, 5.74) is 2.61. The van der Waals surface area contributed by atoms with E-state index in [9.17, 15) is 0 Å². The van der Waals surface area contributed by atoms with E-state index in [1.165, 1.54) is 24.2 Å². The Bertz CT molecular complexity index is 553. The fraction of sp³-hybridized carbons (Fsp3) is 0.333. The van der Waals surface area contributed by atoms with Crippen LogP contribution in [0.15, 0.2) is 24.4 Å². The lowest BCUT2D eigenvalue weighted by molar-refractivity contribution is 0.654. The molecule has 1 aliphatic rings. The number of nitrogens with one attached hydrogen (secondary N) is 1. The number of fused-ring (bicyclic) bond motifs is 1. The van der Waals surface area contributed by atoms with Crippen molar-refractivity contribution in [2.45, 2.75) is 25.7 Å². The highest BCUT2D eigenvalue weighted by molar-refractivity contribution is 7.71. The number of aryl methyl sites for hydroxylation is 1. The zero-order chi connectivity index (χ0) is 11.0. The van der Waals surface area contributed by atoms with Gasteiger partial charge in [0.05, 0.1) is 0 Å². The highest BCUT2D eigenvalue weighted by Crippen LogP contribution is 2.23. The Hall–Kier alpha value is -1.42. The molecule has 16 heavy (non-hydrogen) atoms. The predicted molar refractivity (Wildman–Crippen MR) is 65.4 cm³/mol. The van der Waals surface area contributed by atoms with Gasteiger partial charge in [-0.15, -0.1) is 0 Å². The van der Waals surface area contributed by atoms with Crippen LogP contribution in [0.1, 0.15) is 24.2 Å². The number of H-pyrrole nitrogens is 1. The predicted octanol–water partition coefficient (Wildman–Crippen LogP) is 2.81. The van der Waals surface area contributed by atoms with Crippen LogP contribution in [0.4, 0.5) is 0 Å². The maximum Gasteiger partial charge on any atom is 0.183 e. The van der Waals surface area contributed by atoms with Crippen LogP contribution in [0.25, 0.3) is 5.82 Å². The topological polar surface area (TPSA) is 33.6 Å². The van der Waals surface area contributed by atoms with Crippen LogP contribution in [-0.2, 0) is 12.8 Å². The number of rotatable bonds is 1. The first-order valence-corrected chi connectivity index (χ1v) is 6.01. The molecule has 0 fully saturated rings. The summed E-state index contributed by atoms with van der Waals surface area (Å²) in [4.78, 5) is 7.67. The van der Waals surface area contributed by atoms with Crippen LogP contribution in [0.5, 0.6) is 0 Å². The summed E-state index contributed by atoms with van der Waals surface area (Å²) in [7, 11) is 0. The second-order valence-electron chi connectivity index (χ2n) is 4.09. The van der Waals surface area contributed by atoms with Crippen LogP contribution in [-0.4, -0.2) is 14.5 Å². The van der Waals surface area contributed by atoms with Gasteiger partial charge in [-0.2, -0.15) is 0 Å². The van der Waals surface area contributed by atoms with Crippen molar-refractivity contribution in [3.8, 4) is 5.82 Å². The third-order valence-electron chi connectivity index (χ3n) is 3.05. The standard InChI is InChI=1S/C12H13N3S/c16-12-14-9-5-1-2-6-10(9)15(12)11-7-3-4-8-13-11/h3-4,7-8H,1-2,5-6H2,(H,14,16). The van der Waals surface area contributed by atoms with Crippen molar-refractivity contribution in [3.63, 3.8) is 0 Å². The van der Waals surface area contributed by atoms with Crippen molar-refractivity contribution >= 4 is 12.2 Å². The van der Waals surface area contributed by atoms with Gasteiger partial charge in [-0.25, -0.2) is 4.98 Å². The largest absolute Gasteiger partial charge is 0.334 e. The van der Waals surface area contributed by atoms with Crippen molar-refractivity contribution in [1.82, 2.24) is 14.5 Å². The minimum atomic E-state index is 0.769. The molecule has 4 heteroatoms. The van der Waals surface area contributed by atoms with Gasteiger partial charge in [0.25, 0.3) is 0 Å². The lowest BCUT2D eigenvalue weighted by Gasteiger charge is -2.13. The van der Waals surface area contributed by atoms with E-state index < -0.39 is 0 Å². The van der Waals surface area contributed by atoms with Crippen LogP contribution >= 0.6 is 12.2 Å². The molecule has 0 radical (unpaired) electrons. The zero-order valence-electron chi connectivity index (χ0n) is 8.94. The Kier molecular flexibility index (Phi) is 2.36. The van der Waals surface area contributed by atoms with Crippen molar-refractivity contribution in [2.75, 3.05) is 0 Å². The Morgan fingerprint density at radius 1 is 1.25 bits per heavy atom. The number of hydrogen-bond donors (Lipinski definition) is 1. The van der Waals surface area contributed by atoms with Gasteiger partial charge in [0, 0.05) is 17.6 Å². The summed E-state index contributed by atoms with van der Waals surface area (Å²) in [6.07, 6.45) is 6.51. The van der Waals surface area contributed by atoms with Crippen LogP contribution in [0.2, 0.25) is 0 Å². The molecular weight excluding hydrogens is 218 g/mol. The highest BCUT2D eigenvalue weighted by atomic mass is 32.1. The average Bonchev–Trinajstić information content (AvgIpc) is 2.66. The molecule has 0 bridgehead atoms. The lowest BCUT2D eigenvalue weighted by Crippen LogP contribution is -2.08. The van der Waals surface area contributed by atoms with Crippen LogP contribution in [0.3, 0.4) is 0 Å². The summed E-state index contributed by atoms with van der Waals surface area (Å²) in [5.74, 6) is 0.923. The zero-order valence-corrected chi connectivity index (χ0v) is 9.76. The second-order valence-corrected chi connectivity index (χ2v) is 4.47. The smallest absolute Gasteiger partial charge is 0.183 e. The van der Waals surface area contributed by atoms with Crippen molar-refractivity contribution < 1.29 is 0 Å². The Morgan fingerprint density at radius 2 is 2.12 bits per heavy atom. The van der Waals surface area contributed by atoms with Crippen LogP contribution in [0, 0.1) is 4.77 Å². The third kappa shape index (κ3) is 1.50. The first kappa shape index (κ1) is 9.78. The van der Waals surface area contributed by atoms with E-state index >= 15 is 0 Å². The number of imidazole rings is 1. The van der Waals surface area contributed by atoms with E-state index in [1.54, 1.807) is 6.20 Å². The Morgan fingerprint density at radius 3 is 2.94 bits per heavy atom. The SMILES string of the molecule is S=c1[nH]c2c(n1-c1ccccn1)CCCC2. The van der Waals surface area contributed by atoms with Gasteiger partial charge in [-0.3, -0.25) is 4.57 Å². The fourth-order valence-electron chi connectivity index (χ4n) is 2.31. The van der Waals surface area contributed by atoms with Gasteiger partial charge in [-0.05, 0) is 50.0 Å². The molecule has 2 aromatic rings. The molecule has 0 saturated carbocycles. The molecule has 0 spiro atoms. The van der Waals surface area contributed by atoms with Crippen molar-refractivity contribution in [2.24, 2.45) is 0 Å². The summed E-state index contributed by atoms with van der Waals surface area (Å²) >= 11 is 5.37. The van der Waals surface area contributed by atoms with Gasteiger partial charge in [-0.1, -0.05) is 6.07 Å². The molecule has 2 aromatic heterocycles. The minimum absolute atomic E-state index is 0.769. The van der Waals surface area contributed by atoms with Gasteiger partial charge in [0.15, 0.2) is 4.77 Å². The molecule has 1 aliphatic carbocycles. The van der Waals surface area contributed by atoms with E-state index in [4.69, 9.17) is 12.2 Å². The first-order valence-electron chi connectivity index (χ1n) is 5.60. The average molecular weight is 231 g/mol. The molecule has 2 heterocycles. The molecular formula is C12H13N3S. The van der Waals surface area contributed by atoms with E-state index in [0.29, 0.717) is 0 Å². The molecule has 82 valence electrons. The lowest BCUT2D eigenvalue weighted by atomic mass is 10.0. The van der Waals surface area contributed by atoms with E-state index in [2.05, 4.69) is 14.5 Å². The van der Waals surface area contributed by atoms with Gasteiger partial charge >= 0.3 is 0 Å². The monoisotopic (exact) mass is 231 g/mol. The first-order chi connectivity index (χ1) is 7.86. The van der Waals surface area contributed by atoms with Crippen LogP contribution < -0.4 is 0 Å². The molecule has 3 nitrogen and oxygen atoms in total. The maximum atomic E-state index is 5.37. The summed E-state index contributed by atoms with van der Waals surface area (Å²) < 4.78 is 2.84. The Balaban J connectivity index is 2.21. The number of aromatic nitrogens is 3.